The minimum Gasteiger partial charge on any atom is -0.396 e. The Hall–Kier alpha value is -2.58. The van der Waals surface area contributed by atoms with Gasteiger partial charge < -0.3 is 15.7 Å². The first-order chi connectivity index (χ1) is 12.6. The summed E-state index contributed by atoms with van der Waals surface area (Å²) in [5.74, 6) is 0.505. The van der Waals surface area contributed by atoms with Gasteiger partial charge in [0, 0.05) is 18.8 Å². The van der Waals surface area contributed by atoms with Crippen molar-refractivity contribution in [2.75, 3.05) is 23.8 Å². The van der Waals surface area contributed by atoms with Crippen molar-refractivity contribution in [1.29, 1.82) is 0 Å². The molecule has 1 aromatic carbocycles. The average molecular weight is 377 g/mol. The minimum atomic E-state index is -0.493. The summed E-state index contributed by atoms with van der Waals surface area (Å²) < 4.78 is 13.3. The van der Waals surface area contributed by atoms with E-state index in [-0.39, 0.29) is 17.5 Å². The van der Waals surface area contributed by atoms with Crippen molar-refractivity contribution in [3.8, 4) is 0 Å². The molecule has 0 aliphatic carbocycles. The smallest absolute Gasteiger partial charge is 0.223 e. The Morgan fingerprint density at radius 2 is 2.12 bits per heavy atom. The molecule has 3 aromatic rings. The topological polar surface area (TPSA) is 95.9 Å². The van der Waals surface area contributed by atoms with Crippen molar-refractivity contribution >= 4 is 40.1 Å². The van der Waals surface area contributed by atoms with Gasteiger partial charge in [0.1, 0.15) is 23.2 Å². The van der Waals surface area contributed by atoms with E-state index >= 15 is 0 Å². The third-order valence-electron chi connectivity index (χ3n) is 3.94. The first-order valence-electron chi connectivity index (χ1n) is 8.15. The molecule has 26 heavy (non-hydrogen) atoms. The molecule has 1 unspecified atom stereocenters. The third kappa shape index (κ3) is 4.14. The standard InChI is InChI=1S/C17H18ClFN6O/c1-2-10(8-26)6-20-17-21-7-14-15(25-17)16(23-9-22-14)24-11-3-4-13(19)12(18)5-11/h3-5,7,9-10,26H,2,6,8H2,1H3,(H,20,21,25)(H,22,23,24). The summed E-state index contributed by atoms with van der Waals surface area (Å²) in [4.78, 5) is 17.0. The Balaban J connectivity index is 1.87. The fraction of sp³-hybridized carbons (Fsp3) is 0.294. The largest absolute Gasteiger partial charge is 0.396 e. The highest BCUT2D eigenvalue weighted by Crippen LogP contribution is 2.25. The number of nitrogens with one attached hydrogen (secondary N) is 2. The molecular formula is C17H18ClFN6O. The summed E-state index contributed by atoms with van der Waals surface area (Å²) in [5, 5.41) is 15.5. The molecule has 0 aliphatic heterocycles. The molecule has 0 fully saturated rings. The fourth-order valence-corrected chi connectivity index (χ4v) is 2.50. The lowest BCUT2D eigenvalue weighted by molar-refractivity contribution is 0.230. The molecule has 9 heteroatoms. The quantitative estimate of drug-likeness (QED) is 0.581. The molecule has 136 valence electrons. The number of fused-ring (bicyclic) bond motifs is 1. The Morgan fingerprint density at radius 1 is 1.27 bits per heavy atom. The van der Waals surface area contributed by atoms with Gasteiger partial charge in [0.25, 0.3) is 0 Å². The third-order valence-corrected chi connectivity index (χ3v) is 4.23. The second kappa shape index (κ2) is 8.20. The van der Waals surface area contributed by atoms with Crippen molar-refractivity contribution in [1.82, 2.24) is 19.9 Å². The lowest BCUT2D eigenvalue weighted by Gasteiger charge is -2.13. The zero-order valence-corrected chi connectivity index (χ0v) is 14.8. The van der Waals surface area contributed by atoms with E-state index in [9.17, 15) is 9.50 Å². The van der Waals surface area contributed by atoms with Crippen molar-refractivity contribution in [2.45, 2.75) is 13.3 Å². The molecule has 7 nitrogen and oxygen atoms in total. The monoisotopic (exact) mass is 376 g/mol. The van der Waals surface area contributed by atoms with Crippen molar-refractivity contribution in [2.24, 2.45) is 5.92 Å². The minimum absolute atomic E-state index is 0.0138. The molecule has 2 aromatic heterocycles. The van der Waals surface area contributed by atoms with Gasteiger partial charge in [-0.05, 0) is 30.5 Å². The van der Waals surface area contributed by atoms with E-state index in [0.29, 0.717) is 35.0 Å². The van der Waals surface area contributed by atoms with Gasteiger partial charge in [0.05, 0.1) is 11.2 Å². The number of benzene rings is 1. The first kappa shape index (κ1) is 18.2. The molecular weight excluding hydrogens is 359 g/mol. The molecule has 3 N–H and O–H groups in total. The van der Waals surface area contributed by atoms with Crippen LogP contribution in [-0.2, 0) is 0 Å². The molecule has 0 bridgehead atoms. The number of hydrogen-bond acceptors (Lipinski definition) is 7. The summed E-state index contributed by atoms with van der Waals surface area (Å²) in [6, 6.07) is 4.30. The Labute approximate surface area is 154 Å². The molecule has 2 heterocycles. The van der Waals surface area contributed by atoms with Gasteiger partial charge >= 0.3 is 0 Å². The SMILES string of the molecule is CCC(CO)CNc1ncc2ncnc(Nc3ccc(F)c(Cl)c3)c2n1. The summed E-state index contributed by atoms with van der Waals surface area (Å²) in [6.45, 7) is 2.66. The highest BCUT2D eigenvalue weighted by atomic mass is 35.5. The van der Waals surface area contributed by atoms with Crippen LogP contribution in [0.25, 0.3) is 11.0 Å². The second-order valence-electron chi connectivity index (χ2n) is 5.74. The summed E-state index contributed by atoms with van der Waals surface area (Å²) in [5.41, 5.74) is 1.66. The maximum Gasteiger partial charge on any atom is 0.223 e. The van der Waals surface area contributed by atoms with Crippen LogP contribution in [0.15, 0.2) is 30.7 Å². The van der Waals surface area contributed by atoms with Crippen molar-refractivity contribution in [3.63, 3.8) is 0 Å². The van der Waals surface area contributed by atoms with E-state index in [0.717, 1.165) is 6.42 Å². The maximum atomic E-state index is 13.3. The first-order valence-corrected chi connectivity index (χ1v) is 8.53. The summed E-state index contributed by atoms with van der Waals surface area (Å²) >= 11 is 5.82. The second-order valence-corrected chi connectivity index (χ2v) is 6.15. The van der Waals surface area contributed by atoms with Crippen molar-refractivity contribution in [3.05, 3.63) is 41.6 Å². The van der Waals surface area contributed by atoms with Gasteiger partial charge in [-0.25, -0.2) is 24.3 Å². The fourth-order valence-electron chi connectivity index (χ4n) is 2.32. The van der Waals surface area contributed by atoms with E-state index < -0.39 is 5.82 Å². The van der Waals surface area contributed by atoms with Gasteiger partial charge in [0.2, 0.25) is 5.95 Å². The van der Waals surface area contributed by atoms with E-state index in [1.165, 1.54) is 18.5 Å². The molecule has 0 spiro atoms. The molecule has 0 radical (unpaired) electrons. The highest BCUT2D eigenvalue weighted by Gasteiger charge is 2.10. The van der Waals surface area contributed by atoms with Crippen LogP contribution < -0.4 is 10.6 Å². The number of aliphatic hydroxyl groups excluding tert-OH is 1. The number of aromatic nitrogens is 4. The lowest BCUT2D eigenvalue weighted by atomic mass is 10.1. The van der Waals surface area contributed by atoms with Crippen LogP contribution in [0.4, 0.5) is 21.8 Å². The Kier molecular flexibility index (Phi) is 5.75. The number of halogens is 2. The van der Waals surface area contributed by atoms with Crippen molar-refractivity contribution < 1.29 is 9.50 Å². The van der Waals surface area contributed by atoms with Gasteiger partial charge in [0.15, 0.2) is 5.82 Å². The predicted molar refractivity (Wildman–Crippen MR) is 99.2 cm³/mol. The van der Waals surface area contributed by atoms with E-state index in [2.05, 4.69) is 30.6 Å². The van der Waals surface area contributed by atoms with Crippen LogP contribution in [0.5, 0.6) is 0 Å². The Morgan fingerprint density at radius 3 is 2.85 bits per heavy atom. The lowest BCUT2D eigenvalue weighted by Crippen LogP contribution is -2.18. The van der Waals surface area contributed by atoms with Gasteiger partial charge in [-0.15, -0.1) is 0 Å². The molecule has 0 amide bonds. The van der Waals surface area contributed by atoms with Crippen LogP contribution in [0.1, 0.15) is 13.3 Å². The van der Waals surface area contributed by atoms with Crippen LogP contribution in [-0.4, -0.2) is 38.2 Å². The number of aliphatic hydroxyl groups is 1. The zero-order valence-electron chi connectivity index (χ0n) is 14.1. The molecule has 3 rings (SSSR count). The molecule has 1 atom stereocenters. The van der Waals surface area contributed by atoms with E-state index in [1.807, 2.05) is 6.92 Å². The van der Waals surface area contributed by atoms with Crippen LogP contribution in [0.2, 0.25) is 5.02 Å². The molecule has 0 saturated heterocycles. The highest BCUT2D eigenvalue weighted by molar-refractivity contribution is 6.31. The van der Waals surface area contributed by atoms with Gasteiger partial charge in [-0.3, -0.25) is 0 Å². The molecule has 0 aliphatic rings. The van der Waals surface area contributed by atoms with Crippen LogP contribution in [0, 0.1) is 11.7 Å². The summed E-state index contributed by atoms with van der Waals surface area (Å²) in [7, 11) is 0. The molecule has 0 saturated carbocycles. The van der Waals surface area contributed by atoms with Gasteiger partial charge in [-0.1, -0.05) is 18.5 Å². The normalized spacial score (nSPS) is 12.2. The van der Waals surface area contributed by atoms with Crippen LogP contribution >= 0.6 is 11.6 Å². The van der Waals surface area contributed by atoms with Crippen LogP contribution in [0.3, 0.4) is 0 Å². The number of nitrogens with zero attached hydrogens (tertiary/aromatic N) is 4. The number of anilines is 3. The van der Waals surface area contributed by atoms with Gasteiger partial charge in [-0.2, -0.15) is 0 Å². The Bertz CT molecular complexity index is 906. The number of rotatable bonds is 7. The number of hydrogen-bond donors (Lipinski definition) is 3. The predicted octanol–water partition coefficient (Wildman–Crippen LogP) is 3.39. The maximum absolute atomic E-state index is 13.3. The zero-order chi connectivity index (χ0) is 18.5. The summed E-state index contributed by atoms with van der Waals surface area (Å²) in [6.07, 6.45) is 3.83. The average Bonchev–Trinajstić information content (AvgIpc) is 2.66. The van der Waals surface area contributed by atoms with E-state index in [4.69, 9.17) is 11.6 Å². The van der Waals surface area contributed by atoms with E-state index in [1.54, 1.807) is 12.3 Å².